The molecule has 1 amide bonds. The smallest absolute Gasteiger partial charge is 0.221 e. The Balaban J connectivity index is 3.09. The van der Waals surface area contributed by atoms with Gasteiger partial charge < -0.3 is 15.5 Å². The lowest BCUT2D eigenvalue weighted by molar-refractivity contribution is -0.120. The molecule has 4 nitrogen and oxygen atoms in total. The fourth-order valence-electron chi connectivity index (χ4n) is 1.13. The van der Waals surface area contributed by atoms with Gasteiger partial charge in [0.05, 0.1) is 0 Å². The van der Waals surface area contributed by atoms with Gasteiger partial charge in [0.25, 0.3) is 0 Å². The van der Waals surface area contributed by atoms with Crippen molar-refractivity contribution in [2.24, 2.45) is 0 Å². The first-order valence-corrected chi connectivity index (χ1v) is 5.29. The van der Waals surface area contributed by atoms with Crippen LogP contribution < -0.4 is 10.6 Å². The average molecular weight is 201 g/mol. The normalized spacial score (nSPS) is 10.6. The van der Waals surface area contributed by atoms with E-state index in [2.05, 4.69) is 29.6 Å². The zero-order valence-electron chi connectivity index (χ0n) is 9.60. The molecule has 0 aromatic carbocycles. The Morgan fingerprint density at radius 2 is 2.00 bits per heavy atom. The number of rotatable bonds is 8. The molecule has 0 aliphatic heterocycles. The van der Waals surface area contributed by atoms with Crippen LogP contribution in [0.4, 0.5) is 0 Å². The first-order valence-electron chi connectivity index (χ1n) is 5.29. The van der Waals surface area contributed by atoms with Gasteiger partial charge in [-0.2, -0.15) is 0 Å². The van der Waals surface area contributed by atoms with E-state index in [4.69, 9.17) is 0 Å². The fraction of sp³-hybridized carbons (Fsp3) is 0.900. The molecule has 0 fully saturated rings. The van der Waals surface area contributed by atoms with Crippen molar-refractivity contribution in [3.8, 4) is 0 Å². The Morgan fingerprint density at radius 3 is 2.57 bits per heavy atom. The molecule has 0 spiro atoms. The van der Waals surface area contributed by atoms with E-state index in [-0.39, 0.29) is 5.91 Å². The monoisotopic (exact) mass is 201 g/mol. The summed E-state index contributed by atoms with van der Waals surface area (Å²) in [4.78, 5) is 13.2. The van der Waals surface area contributed by atoms with Crippen LogP contribution in [0.3, 0.4) is 0 Å². The van der Waals surface area contributed by atoms with Crippen LogP contribution in [-0.4, -0.2) is 51.1 Å². The molecule has 0 rings (SSSR count). The van der Waals surface area contributed by atoms with E-state index in [1.165, 1.54) is 0 Å². The van der Waals surface area contributed by atoms with Crippen molar-refractivity contribution < 1.29 is 4.79 Å². The number of carbonyl (C=O) groups excluding carboxylic acids is 1. The fourth-order valence-corrected chi connectivity index (χ4v) is 1.13. The molecule has 4 heteroatoms. The van der Waals surface area contributed by atoms with E-state index in [0.717, 1.165) is 32.6 Å². The lowest BCUT2D eigenvalue weighted by Gasteiger charge is -2.09. The Hall–Kier alpha value is -0.610. The number of hydrogen-bond acceptors (Lipinski definition) is 3. The molecule has 2 N–H and O–H groups in total. The summed E-state index contributed by atoms with van der Waals surface area (Å²) in [5, 5.41) is 6.01. The molecular weight excluding hydrogens is 178 g/mol. The second kappa shape index (κ2) is 8.97. The highest BCUT2D eigenvalue weighted by Crippen LogP contribution is 1.82. The molecule has 0 aliphatic rings. The second-order valence-corrected chi connectivity index (χ2v) is 3.61. The Labute approximate surface area is 87.0 Å². The minimum Gasteiger partial charge on any atom is -0.356 e. The van der Waals surface area contributed by atoms with Crippen LogP contribution in [0.25, 0.3) is 0 Å². The van der Waals surface area contributed by atoms with E-state index in [1.54, 1.807) is 0 Å². The highest BCUT2D eigenvalue weighted by molar-refractivity contribution is 5.75. The van der Waals surface area contributed by atoms with Crippen LogP contribution in [0, 0.1) is 0 Å². The molecule has 0 unspecified atom stereocenters. The van der Waals surface area contributed by atoms with Crippen LogP contribution in [0.2, 0.25) is 0 Å². The summed E-state index contributed by atoms with van der Waals surface area (Å²) in [5.74, 6) is 0.132. The summed E-state index contributed by atoms with van der Waals surface area (Å²) >= 11 is 0. The summed E-state index contributed by atoms with van der Waals surface area (Å²) in [5.41, 5.74) is 0. The predicted molar refractivity (Wildman–Crippen MR) is 59.3 cm³/mol. The van der Waals surface area contributed by atoms with Gasteiger partial charge in [-0.25, -0.2) is 0 Å². The molecule has 84 valence electrons. The zero-order valence-corrected chi connectivity index (χ0v) is 9.60. The minimum absolute atomic E-state index is 0.132. The SMILES string of the molecule is CCNC(=O)CCNCCCN(C)C. The number of hydrogen-bond donors (Lipinski definition) is 2. The standard InChI is InChI=1S/C10H23N3O/c1-4-12-10(14)6-8-11-7-5-9-13(2)3/h11H,4-9H2,1-3H3,(H,12,14). The molecule has 0 saturated heterocycles. The Bertz CT molecular complexity index is 148. The summed E-state index contributed by atoms with van der Waals surface area (Å²) in [6.45, 7) is 5.51. The third kappa shape index (κ3) is 9.48. The first kappa shape index (κ1) is 13.4. The topological polar surface area (TPSA) is 44.4 Å². The lowest BCUT2D eigenvalue weighted by atomic mass is 10.3. The van der Waals surface area contributed by atoms with Crippen molar-refractivity contribution in [3.63, 3.8) is 0 Å². The highest BCUT2D eigenvalue weighted by atomic mass is 16.1. The van der Waals surface area contributed by atoms with E-state index >= 15 is 0 Å². The summed E-state index contributed by atoms with van der Waals surface area (Å²) < 4.78 is 0. The lowest BCUT2D eigenvalue weighted by Crippen LogP contribution is -2.28. The number of carbonyl (C=O) groups is 1. The van der Waals surface area contributed by atoms with E-state index < -0.39 is 0 Å². The summed E-state index contributed by atoms with van der Waals surface area (Å²) in [6.07, 6.45) is 1.71. The van der Waals surface area contributed by atoms with Gasteiger partial charge in [0.1, 0.15) is 0 Å². The molecule has 14 heavy (non-hydrogen) atoms. The van der Waals surface area contributed by atoms with Gasteiger partial charge in [-0.1, -0.05) is 0 Å². The van der Waals surface area contributed by atoms with Gasteiger partial charge in [0, 0.05) is 19.5 Å². The summed E-state index contributed by atoms with van der Waals surface area (Å²) in [7, 11) is 4.13. The maximum atomic E-state index is 11.0. The van der Waals surface area contributed by atoms with Crippen molar-refractivity contribution in [1.29, 1.82) is 0 Å². The number of nitrogens with one attached hydrogen (secondary N) is 2. The molecule has 0 aromatic heterocycles. The number of nitrogens with zero attached hydrogens (tertiary/aromatic N) is 1. The summed E-state index contributed by atoms with van der Waals surface area (Å²) in [6, 6.07) is 0. The van der Waals surface area contributed by atoms with Gasteiger partial charge >= 0.3 is 0 Å². The van der Waals surface area contributed by atoms with E-state index in [1.807, 2.05) is 6.92 Å². The Morgan fingerprint density at radius 1 is 1.29 bits per heavy atom. The predicted octanol–water partition coefficient (Wildman–Crippen LogP) is 0.0539. The maximum Gasteiger partial charge on any atom is 0.221 e. The van der Waals surface area contributed by atoms with Crippen molar-refractivity contribution in [1.82, 2.24) is 15.5 Å². The largest absolute Gasteiger partial charge is 0.356 e. The Kier molecular flexibility index (Phi) is 8.57. The first-order chi connectivity index (χ1) is 6.66. The van der Waals surface area contributed by atoms with E-state index in [9.17, 15) is 4.79 Å². The van der Waals surface area contributed by atoms with Crippen LogP contribution in [0.5, 0.6) is 0 Å². The molecule has 0 aliphatic carbocycles. The highest BCUT2D eigenvalue weighted by Gasteiger charge is 1.97. The van der Waals surface area contributed by atoms with Crippen LogP contribution in [0.1, 0.15) is 19.8 Å². The molecule has 0 atom stereocenters. The van der Waals surface area contributed by atoms with Gasteiger partial charge in [0.15, 0.2) is 0 Å². The van der Waals surface area contributed by atoms with Gasteiger partial charge in [-0.15, -0.1) is 0 Å². The minimum atomic E-state index is 0.132. The van der Waals surface area contributed by atoms with Crippen molar-refractivity contribution >= 4 is 5.91 Å². The molecule has 0 saturated carbocycles. The molecule has 0 heterocycles. The molecule has 0 bridgehead atoms. The molecule has 0 radical (unpaired) electrons. The molecular formula is C10H23N3O. The second-order valence-electron chi connectivity index (χ2n) is 3.61. The van der Waals surface area contributed by atoms with Crippen LogP contribution >= 0.6 is 0 Å². The van der Waals surface area contributed by atoms with E-state index in [0.29, 0.717) is 6.42 Å². The number of amides is 1. The van der Waals surface area contributed by atoms with Gasteiger partial charge in [0.2, 0.25) is 5.91 Å². The third-order valence-corrected chi connectivity index (χ3v) is 1.86. The quantitative estimate of drug-likeness (QED) is 0.546. The maximum absolute atomic E-state index is 11.0. The van der Waals surface area contributed by atoms with Crippen molar-refractivity contribution in [3.05, 3.63) is 0 Å². The van der Waals surface area contributed by atoms with Crippen molar-refractivity contribution in [2.45, 2.75) is 19.8 Å². The zero-order chi connectivity index (χ0) is 10.8. The van der Waals surface area contributed by atoms with Gasteiger partial charge in [-0.3, -0.25) is 4.79 Å². The van der Waals surface area contributed by atoms with Crippen LogP contribution in [0.15, 0.2) is 0 Å². The average Bonchev–Trinajstić information content (AvgIpc) is 2.11. The molecule has 0 aromatic rings. The van der Waals surface area contributed by atoms with Crippen LogP contribution in [-0.2, 0) is 4.79 Å². The van der Waals surface area contributed by atoms with Gasteiger partial charge in [-0.05, 0) is 40.5 Å². The van der Waals surface area contributed by atoms with Crippen molar-refractivity contribution in [2.75, 3.05) is 40.3 Å². The third-order valence-electron chi connectivity index (χ3n) is 1.86.